The molecule has 0 bridgehead atoms. The molecular formula is C11H11F4NO2. The van der Waals surface area contributed by atoms with Crippen LogP contribution < -0.4 is 5.32 Å². The summed E-state index contributed by atoms with van der Waals surface area (Å²) in [6.07, 6.45) is -4.37. The fourth-order valence-electron chi connectivity index (χ4n) is 1.13. The molecule has 0 aliphatic rings. The number of benzene rings is 1. The fourth-order valence-corrected chi connectivity index (χ4v) is 1.13. The van der Waals surface area contributed by atoms with Crippen LogP contribution in [0.2, 0.25) is 0 Å². The van der Waals surface area contributed by atoms with Gasteiger partial charge in [-0.3, -0.25) is 4.79 Å². The van der Waals surface area contributed by atoms with Crippen LogP contribution in [0.1, 0.15) is 10.4 Å². The van der Waals surface area contributed by atoms with E-state index in [1.54, 1.807) is 0 Å². The summed E-state index contributed by atoms with van der Waals surface area (Å²) in [6, 6.07) is 4.80. The standard InChI is InChI=1S/C11H11F4NO2/c12-9-3-1-8(2-4-9)10(17)16-5-6-18-7-11(13,14)15/h1-4H,5-7H2,(H,16,17). The van der Waals surface area contributed by atoms with E-state index in [-0.39, 0.29) is 18.7 Å². The van der Waals surface area contributed by atoms with Crippen molar-refractivity contribution in [3.63, 3.8) is 0 Å². The second kappa shape index (κ2) is 6.34. The number of carbonyl (C=O) groups is 1. The molecular weight excluding hydrogens is 254 g/mol. The van der Waals surface area contributed by atoms with Gasteiger partial charge in [0.1, 0.15) is 12.4 Å². The normalized spacial score (nSPS) is 11.3. The molecule has 0 fully saturated rings. The van der Waals surface area contributed by atoms with E-state index in [2.05, 4.69) is 10.1 Å². The third kappa shape index (κ3) is 5.62. The summed E-state index contributed by atoms with van der Waals surface area (Å²) in [5, 5.41) is 2.35. The summed E-state index contributed by atoms with van der Waals surface area (Å²) in [6.45, 7) is -1.64. The summed E-state index contributed by atoms with van der Waals surface area (Å²) in [4.78, 5) is 11.4. The predicted octanol–water partition coefficient (Wildman–Crippen LogP) is 2.13. The Morgan fingerprint density at radius 2 is 1.83 bits per heavy atom. The molecule has 0 aliphatic carbocycles. The van der Waals surface area contributed by atoms with Crippen molar-refractivity contribution in [2.24, 2.45) is 0 Å². The molecule has 100 valence electrons. The molecule has 0 unspecified atom stereocenters. The average molecular weight is 265 g/mol. The molecule has 1 aromatic rings. The predicted molar refractivity (Wildman–Crippen MR) is 55.6 cm³/mol. The minimum absolute atomic E-state index is 0.0493. The Kier molecular flexibility index (Phi) is 5.08. The van der Waals surface area contributed by atoms with Crippen molar-refractivity contribution in [1.29, 1.82) is 0 Å². The van der Waals surface area contributed by atoms with E-state index in [4.69, 9.17) is 0 Å². The Morgan fingerprint density at radius 3 is 2.39 bits per heavy atom. The quantitative estimate of drug-likeness (QED) is 0.654. The number of ether oxygens (including phenoxy) is 1. The molecule has 3 nitrogen and oxygen atoms in total. The molecule has 7 heteroatoms. The second-order valence-corrected chi connectivity index (χ2v) is 3.43. The van der Waals surface area contributed by atoms with Gasteiger partial charge in [0.05, 0.1) is 6.61 Å². The first-order valence-electron chi connectivity index (χ1n) is 5.07. The van der Waals surface area contributed by atoms with Crippen molar-refractivity contribution in [2.45, 2.75) is 6.18 Å². The van der Waals surface area contributed by atoms with Crippen LogP contribution in [-0.2, 0) is 4.74 Å². The lowest BCUT2D eigenvalue weighted by atomic mass is 10.2. The van der Waals surface area contributed by atoms with Crippen LogP contribution in [0.5, 0.6) is 0 Å². The lowest BCUT2D eigenvalue weighted by Crippen LogP contribution is -2.28. The minimum atomic E-state index is -4.37. The van der Waals surface area contributed by atoms with Gasteiger partial charge >= 0.3 is 6.18 Å². The zero-order chi connectivity index (χ0) is 13.6. The Labute approximate surface area is 101 Å². The minimum Gasteiger partial charge on any atom is -0.370 e. The van der Waals surface area contributed by atoms with Crippen molar-refractivity contribution < 1.29 is 27.1 Å². The van der Waals surface area contributed by atoms with Gasteiger partial charge in [0, 0.05) is 12.1 Å². The average Bonchev–Trinajstić information content (AvgIpc) is 2.27. The lowest BCUT2D eigenvalue weighted by molar-refractivity contribution is -0.173. The Bertz CT molecular complexity index is 389. The molecule has 0 aliphatic heterocycles. The first-order chi connectivity index (χ1) is 8.38. The summed E-state index contributed by atoms with van der Waals surface area (Å²) >= 11 is 0. The van der Waals surface area contributed by atoms with Crippen molar-refractivity contribution in [2.75, 3.05) is 19.8 Å². The highest BCUT2D eigenvalue weighted by Crippen LogP contribution is 2.13. The van der Waals surface area contributed by atoms with Crippen LogP contribution in [0.25, 0.3) is 0 Å². The molecule has 0 heterocycles. The van der Waals surface area contributed by atoms with Crippen LogP contribution in [0.15, 0.2) is 24.3 Å². The Hall–Kier alpha value is -1.63. The Balaban J connectivity index is 2.24. The van der Waals surface area contributed by atoms with E-state index in [1.165, 1.54) is 12.1 Å². The number of rotatable bonds is 5. The molecule has 1 rings (SSSR count). The smallest absolute Gasteiger partial charge is 0.370 e. The third-order valence-electron chi connectivity index (χ3n) is 1.90. The summed E-state index contributed by atoms with van der Waals surface area (Å²) in [7, 11) is 0. The highest BCUT2D eigenvalue weighted by molar-refractivity contribution is 5.94. The van der Waals surface area contributed by atoms with E-state index < -0.39 is 24.5 Å². The van der Waals surface area contributed by atoms with E-state index >= 15 is 0 Å². The molecule has 1 N–H and O–H groups in total. The third-order valence-corrected chi connectivity index (χ3v) is 1.90. The van der Waals surface area contributed by atoms with E-state index in [0.717, 1.165) is 12.1 Å². The first kappa shape index (κ1) is 14.4. The maximum absolute atomic E-state index is 12.6. The number of nitrogens with one attached hydrogen (secondary N) is 1. The van der Waals surface area contributed by atoms with Gasteiger partial charge in [-0.15, -0.1) is 0 Å². The van der Waals surface area contributed by atoms with E-state index in [1.807, 2.05) is 0 Å². The zero-order valence-electron chi connectivity index (χ0n) is 9.26. The molecule has 0 aromatic heterocycles. The number of hydrogen-bond acceptors (Lipinski definition) is 2. The highest BCUT2D eigenvalue weighted by atomic mass is 19.4. The lowest BCUT2D eigenvalue weighted by Gasteiger charge is -2.08. The van der Waals surface area contributed by atoms with Gasteiger partial charge < -0.3 is 10.1 Å². The first-order valence-corrected chi connectivity index (χ1v) is 5.07. The topological polar surface area (TPSA) is 38.3 Å². The second-order valence-electron chi connectivity index (χ2n) is 3.43. The molecule has 0 atom stereocenters. The number of hydrogen-bond donors (Lipinski definition) is 1. The molecule has 1 amide bonds. The number of amides is 1. The zero-order valence-corrected chi connectivity index (χ0v) is 9.26. The van der Waals surface area contributed by atoms with Crippen LogP contribution in [0.4, 0.5) is 17.6 Å². The largest absolute Gasteiger partial charge is 0.411 e. The van der Waals surface area contributed by atoms with E-state index in [9.17, 15) is 22.4 Å². The SMILES string of the molecule is O=C(NCCOCC(F)(F)F)c1ccc(F)cc1. The van der Waals surface area contributed by atoms with Gasteiger partial charge in [-0.25, -0.2) is 4.39 Å². The van der Waals surface area contributed by atoms with Crippen molar-refractivity contribution in [3.05, 3.63) is 35.6 Å². The molecule has 0 spiro atoms. The molecule has 0 saturated carbocycles. The summed E-state index contributed by atoms with van der Waals surface area (Å²) in [5.74, 6) is -0.967. The van der Waals surface area contributed by atoms with Gasteiger partial charge in [0.2, 0.25) is 0 Å². The number of alkyl halides is 3. The number of carbonyl (C=O) groups excluding carboxylic acids is 1. The fraction of sp³-hybridized carbons (Fsp3) is 0.364. The van der Waals surface area contributed by atoms with Crippen molar-refractivity contribution in [3.8, 4) is 0 Å². The molecule has 0 saturated heterocycles. The maximum atomic E-state index is 12.6. The van der Waals surface area contributed by atoms with Crippen molar-refractivity contribution >= 4 is 5.91 Å². The van der Waals surface area contributed by atoms with Gasteiger partial charge in [-0.05, 0) is 24.3 Å². The highest BCUT2D eigenvalue weighted by Gasteiger charge is 2.27. The van der Waals surface area contributed by atoms with Gasteiger partial charge in [0.15, 0.2) is 0 Å². The Morgan fingerprint density at radius 1 is 1.22 bits per heavy atom. The van der Waals surface area contributed by atoms with Crippen LogP contribution >= 0.6 is 0 Å². The molecule has 0 radical (unpaired) electrons. The summed E-state index contributed by atoms with van der Waals surface area (Å²) < 4.78 is 51.9. The van der Waals surface area contributed by atoms with Gasteiger partial charge in [0.25, 0.3) is 5.91 Å². The number of halogens is 4. The van der Waals surface area contributed by atoms with E-state index in [0.29, 0.717) is 0 Å². The van der Waals surface area contributed by atoms with Crippen LogP contribution in [0, 0.1) is 5.82 Å². The molecule has 1 aromatic carbocycles. The monoisotopic (exact) mass is 265 g/mol. The van der Waals surface area contributed by atoms with Crippen LogP contribution in [0.3, 0.4) is 0 Å². The molecule has 18 heavy (non-hydrogen) atoms. The maximum Gasteiger partial charge on any atom is 0.411 e. The van der Waals surface area contributed by atoms with Gasteiger partial charge in [-0.2, -0.15) is 13.2 Å². The van der Waals surface area contributed by atoms with Crippen LogP contribution in [-0.4, -0.2) is 31.8 Å². The van der Waals surface area contributed by atoms with Gasteiger partial charge in [-0.1, -0.05) is 0 Å². The van der Waals surface area contributed by atoms with Crippen molar-refractivity contribution in [1.82, 2.24) is 5.32 Å². The summed E-state index contributed by atoms with van der Waals surface area (Å²) in [5.41, 5.74) is 0.229.